The van der Waals surface area contributed by atoms with Crippen LogP contribution in [0.4, 0.5) is 4.39 Å². The second kappa shape index (κ2) is 5.92. The molecule has 1 aromatic rings. The smallest absolute Gasteiger partial charge is 0.328 e. The minimum atomic E-state index is -1.44. The van der Waals surface area contributed by atoms with Crippen molar-refractivity contribution in [3.8, 4) is 0 Å². The molecule has 98 valence electrons. The predicted molar refractivity (Wildman–Crippen MR) is 64.7 cm³/mol. The summed E-state index contributed by atoms with van der Waals surface area (Å²) in [6, 6.07) is 2.20. The lowest BCUT2D eigenvalue weighted by atomic mass is 10.1. The summed E-state index contributed by atoms with van der Waals surface area (Å²) in [7, 11) is 0. The van der Waals surface area contributed by atoms with Crippen molar-refractivity contribution in [2.24, 2.45) is 0 Å². The molecule has 0 saturated carbocycles. The Morgan fingerprint density at radius 1 is 1.44 bits per heavy atom. The lowest BCUT2D eigenvalue weighted by Crippen LogP contribution is -2.47. The average Bonchev–Trinajstić information content (AvgIpc) is 2.28. The van der Waals surface area contributed by atoms with E-state index >= 15 is 0 Å². The highest BCUT2D eigenvalue weighted by molar-refractivity contribution is 9.10. The number of carboxylic acids is 1. The van der Waals surface area contributed by atoms with Crippen LogP contribution in [0.1, 0.15) is 17.3 Å². The van der Waals surface area contributed by atoms with Crippen LogP contribution in [0.25, 0.3) is 0 Å². The molecule has 0 bridgehead atoms. The van der Waals surface area contributed by atoms with Gasteiger partial charge in [0.05, 0.1) is 10.6 Å². The molecule has 1 aromatic carbocycles. The van der Waals surface area contributed by atoms with Gasteiger partial charge in [0.15, 0.2) is 6.04 Å². The molecule has 2 atom stereocenters. The summed E-state index contributed by atoms with van der Waals surface area (Å²) in [4.78, 5) is 22.4. The van der Waals surface area contributed by atoms with E-state index in [4.69, 9.17) is 5.11 Å². The Bertz CT molecular complexity index is 478. The summed E-state index contributed by atoms with van der Waals surface area (Å²) in [5.74, 6) is -2.77. The summed E-state index contributed by atoms with van der Waals surface area (Å²) in [5, 5.41) is 20.1. The first-order valence-corrected chi connectivity index (χ1v) is 5.79. The first-order valence-electron chi connectivity index (χ1n) is 4.99. The summed E-state index contributed by atoms with van der Waals surface area (Å²) in [6.45, 7) is 1.24. The standard InChI is InChI=1S/C11H11BrFNO4/c1-5(15)9(11(17)18)14-10(16)6-2-3-7(12)8(13)4-6/h2-5,9,15H,1H3,(H,14,16)(H,17,18). The summed E-state index contributed by atoms with van der Waals surface area (Å²) in [6.07, 6.45) is -1.26. The van der Waals surface area contributed by atoms with Crippen LogP contribution < -0.4 is 5.32 Å². The van der Waals surface area contributed by atoms with Crippen LogP contribution in [0.3, 0.4) is 0 Å². The molecule has 0 heterocycles. The number of nitrogens with one attached hydrogen (secondary N) is 1. The molecule has 2 unspecified atom stereocenters. The van der Waals surface area contributed by atoms with E-state index in [9.17, 15) is 19.1 Å². The van der Waals surface area contributed by atoms with Crippen molar-refractivity contribution < 1.29 is 24.2 Å². The summed E-state index contributed by atoms with van der Waals surface area (Å²) in [5.41, 5.74) is -0.0254. The van der Waals surface area contributed by atoms with Crippen molar-refractivity contribution in [2.45, 2.75) is 19.1 Å². The molecule has 0 aliphatic rings. The molecular formula is C11H11BrFNO4. The zero-order valence-corrected chi connectivity index (χ0v) is 10.9. The van der Waals surface area contributed by atoms with E-state index in [0.717, 1.165) is 6.07 Å². The quantitative estimate of drug-likeness (QED) is 0.777. The normalized spacial score (nSPS) is 13.8. The first kappa shape index (κ1) is 14.6. The number of rotatable bonds is 4. The molecular weight excluding hydrogens is 309 g/mol. The van der Waals surface area contributed by atoms with Gasteiger partial charge in [-0.25, -0.2) is 9.18 Å². The van der Waals surface area contributed by atoms with Crippen LogP contribution in [0.15, 0.2) is 22.7 Å². The van der Waals surface area contributed by atoms with E-state index in [-0.39, 0.29) is 10.0 Å². The number of benzene rings is 1. The van der Waals surface area contributed by atoms with Gasteiger partial charge in [-0.05, 0) is 41.1 Å². The Morgan fingerprint density at radius 3 is 2.50 bits per heavy atom. The highest BCUT2D eigenvalue weighted by Crippen LogP contribution is 2.16. The minimum absolute atomic E-state index is 0.0254. The van der Waals surface area contributed by atoms with E-state index in [0.29, 0.717) is 0 Å². The van der Waals surface area contributed by atoms with Crippen LogP contribution >= 0.6 is 15.9 Å². The molecule has 1 amide bonds. The lowest BCUT2D eigenvalue weighted by Gasteiger charge is -2.17. The number of aliphatic hydroxyl groups excluding tert-OH is 1. The van der Waals surface area contributed by atoms with Crippen LogP contribution in [0, 0.1) is 5.82 Å². The molecule has 0 aliphatic heterocycles. The Kier molecular flexibility index (Phi) is 4.80. The molecule has 5 nitrogen and oxygen atoms in total. The van der Waals surface area contributed by atoms with E-state index in [1.807, 2.05) is 0 Å². The van der Waals surface area contributed by atoms with Gasteiger partial charge < -0.3 is 15.5 Å². The van der Waals surface area contributed by atoms with E-state index in [1.54, 1.807) is 0 Å². The maximum Gasteiger partial charge on any atom is 0.328 e. The van der Waals surface area contributed by atoms with Crippen molar-refractivity contribution in [2.75, 3.05) is 0 Å². The number of aliphatic hydroxyl groups is 1. The van der Waals surface area contributed by atoms with E-state index < -0.39 is 29.8 Å². The Labute approximate surface area is 111 Å². The van der Waals surface area contributed by atoms with Gasteiger partial charge in [-0.15, -0.1) is 0 Å². The molecule has 0 aliphatic carbocycles. The Hall–Kier alpha value is -1.47. The third-order valence-corrected chi connectivity index (χ3v) is 2.86. The molecule has 0 spiro atoms. The third-order valence-electron chi connectivity index (χ3n) is 2.22. The van der Waals surface area contributed by atoms with Gasteiger partial charge in [0.1, 0.15) is 5.82 Å². The highest BCUT2D eigenvalue weighted by Gasteiger charge is 2.25. The predicted octanol–water partition coefficient (Wildman–Crippen LogP) is 1.15. The van der Waals surface area contributed by atoms with Gasteiger partial charge in [0.25, 0.3) is 5.91 Å². The van der Waals surface area contributed by atoms with Gasteiger partial charge in [0, 0.05) is 5.56 Å². The third kappa shape index (κ3) is 3.51. The zero-order chi connectivity index (χ0) is 13.9. The van der Waals surface area contributed by atoms with Gasteiger partial charge in [-0.3, -0.25) is 4.79 Å². The monoisotopic (exact) mass is 319 g/mol. The second-order valence-corrected chi connectivity index (χ2v) is 4.51. The van der Waals surface area contributed by atoms with E-state index in [1.165, 1.54) is 19.1 Å². The molecule has 3 N–H and O–H groups in total. The fourth-order valence-electron chi connectivity index (χ4n) is 1.25. The molecule has 0 fully saturated rings. The largest absolute Gasteiger partial charge is 0.480 e. The number of carbonyl (C=O) groups excluding carboxylic acids is 1. The SMILES string of the molecule is CC(O)C(NC(=O)c1ccc(Br)c(F)c1)C(=O)O. The molecule has 0 radical (unpaired) electrons. The number of amides is 1. The van der Waals surface area contributed by atoms with Gasteiger partial charge in [-0.2, -0.15) is 0 Å². The fraction of sp³-hybridized carbons (Fsp3) is 0.273. The molecule has 0 saturated heterocycles. The number of aliphatic carboxylic acids is 1. The zero-order valence-electron chi connectivity index (χ0n) is 9.35. The molecule has 0 aromatic heterocycles. The van der Waals surface area contributed by atoms with Gasteiger partial charge >= 0.3 is 5.97 Å². The topological polar surface area (TPSA) is 86.6 Å². The number of hydrogen-bond donors (Lipinski definition) is 3. The van der Waals surface area contributed by atoms with E-state index in [2.05, 4.69) is 21.2 Å². The average molecular weight is 320 g/mol. The highest BCUT2D eigenvalue weighted by atomic mass is 79.9. The van der Waals surface area contributed by atoms with Crippen molar-refractivity contribution in [1.29, 1.82) is 0 Å². The van der Waals surface area contributed by atoms with Crippen LogP contribution in [0.2, 0.25) is 0 Å². The fourth-order valence-corrected chi connectivity index (χ4v) is 1.50. The molecule has 18 heavy (non-hydrogen) atoms. The van der Waals surface area contributed by atoms with Gasteiger partial charge in [-0.1, -0.05) is 0 Å². The van der Waals surface area contributed by atoms with Crippen LogP contribution in [-0.4, -0.2) is 34.2 Å². The maximum atomic E-state index is 13.2. The summed E-state index contributed by atoms with van der Waals surface area (Å²) < 4.78 is 13.4. The number of carbonyl (C=O) groups is 2. The number of hydrogen-bond acceptors (Lipinski definition) is 3. The van der Waals surface area contributed by atoms with Crippen LogP contribution in [-0.2, 0) is 4.79 Å². The molecule has 7 heteroatoms. The van der Waals surface area contributed by atoms with Gasteiger partial charge in [0.2, 0.25) is 0 Å². The number of carboxylic acid groups (broad SMARTS) is 1. The Morgan fingerprint density at radius 2 is 2.06 bits per heavy atom. The van der Waals surface area contributed by atoms with Crippen molar-refractivity contribution >= 4 is 27.8 Å². The molecule has 1 rings (SSSR count). The maximum absolute atomic E-state index is 13.2. The summed E-state index contributed by atoms with van der Waals surface area (Å²) >= 11 is 2.93. The van der Waals surface area contributed by atoms with Crippen molar-refractivity contribution in [3.05, 3.63) is 34.1 Å². The van der Waals surface area contributed by atoms with Crippen molar-refractivity contribution in [1.82, 2.24) is 5.32 Å². The lowest BCUT2D eigenvalue weighted by molar-refractivity contribution is -0.141. The Balaban J connectivity index is 2.87. The van der Waals surface area contributed by atoms with Crippen molar-refractivity contribution in [3.63, 3.8) is 0 Å². The minimum Gasteiger partial charge on any atom is -0.480 e. The number of halogens is 2. The first-order chi connectivity index (χ1) is 8.32. The van der Waals surface area contributed by atoms with Crippen LogP contribution in [0.5, 0.6) is 0 Å². The second-order valence-electron chi connectivity index (χ2n) is 3.66.